The second-order valence-corrected chi connectivity index (χ2v) is 9.58. The van der Waals surface area contributed by atoms with Crippen LogP contribution in [0.1, 0.15) is 25.7 Å². The summed E-state index contributed by atoms with van der Waals surface area (Å²) in [4.78, 5) is 14.6. The molecule has 0 aliphatic carbocycles. The molecule has 0 aromatic heterocycles. The Morgan fingerprint density at radius 2 is 1.86 bits per heavy atom. The summed E-state index contributed by atoms with van der Waals surface area (Å²) >= 11 is 0. The second-order valence-electron chi connectivity index (χ2n) is 7.87. The lowest BCUT2D eigenvalue weighted by Gasteiger charge is -2.24. The molecule has 2 heterocycles. The topological polar surface area (TPSA) is 91.0 Å². The lowest BCUT2D eigenvalue weighted by molar-refractivity contribution is -0.125. The Balaban J connectivity index is 1.43. The summed E-state index contributed by atoms with van der Waals surface area (Å²) < 4.78 is 35.0. The van der Waals surface area contributed by atoms with Crippen molar-refractivity contribution in [3.05, 3.63) is 30.3 Å². The largest absolute Gasteiger partial charge is 0.492 e. The highest BCUT2D eigenvalue weighted by Gasteiger charge is 2.31. The van der Waals surface area contributed by atoms with Crippen molar-refractivity contribution in [1.29, 1.82) is 0 Å². The van der Waals surface area contributed by atoms with Crippen LogP contribution in [-0.4, -0.2) is 76.0 Å². The van der Waals surface area contributed by atoms with E-state index in [0.29, 0.717) is 52.2 Å². The fourth-order valence-electron chi connectivity index (χ4n) is 3.94. The third-order valence-electron chi connectivity index (χ3n) is 5.43. The van der Waals surface area contributed by atoms with E-state index in [9.17, 15) is 13.2 Å². The molecule has 3 rings (SSSR count). The molecule has 2 saturated heterocycles. The van der Waals surface area contributed by atoms with Gasteiger partial charge in [0.2, 0.25) is 5.91 Å². The summed E-state index contributed by atoms with van der Waals surface area (Å²) in [6, 6.07) is 9.32. The van der Waals surface area contributed by atoms with Gasteiger partial charge in [-0.1, -0.05) is 18.2 Å². The molecule has 0 saturated carbocycles. The van der Waals surface area contributed by atoms with Crippen LogP contribution in [0.5, 0.6) is 5.75 Å². The van der Waals surface area contributed by atoms with Crippen molar-refractivity contribution in [2.75, 3.05) is 46.4 Å². The average Bonchev–Trinajstić information content (AvgIpc) is 3.18. The van der Waals surface area contributed by atoms with Gasteiger partial charge in [0, 0.05) is 32.2 Å². The summed E-state index contributed by atoms with van der Waals surface area (Å²) in [7, 11) is -1.51. The number of para-hydroxylation sites is 1. The molecule has 0 spiro atoms. The van der Waals surface area contributed by atoms with E-state index in [2.05, 4.69) is 10.0 Å². The second kappa shape index (κ2) is 10.4. The summed E-state index contributed by atoms with van der Waals surface area (Å²) in [5, 5.41) is 2.94. The van der Waals surface area contributed by atoms with Gasteiger partial charge in [0.15, 0.2) is 0 Å². The number of hydrogen-bond acceptors (Lipinski definition) is 5. The number of likely N-dealkylation sites (N-methyl/N-ethyl adjacent to an activating group) is 1. The van der Waals surface area contributed by atoms with Crippen LogP contribution in [0.15, 0.2) is 30.3 Å². The van der Waals surface area contributed by atoms with Gasteiger partial charge in [0.1, 0.15) is 12.4 Å². The molecule has 0 radical (unpaired) electrons. The molecular formula is C20H32N4O4S. The highest BCUT2D eigenvalue weighted by atomic mass is 32.2. The smallest absolute Gasteiger partial charge is 0.279 e. The van der Waals surface area contributed by atoms with E-state index in [1.807, 2.05) is 42.3 Å². The minimum absolute atomic E-state index is 0.00318. The Morgan fingerprint density at radius 1 is 1.14 bits per heavy atom. The molecule has 2 aliphatic heterocycles. The van der Waals surface area contributed by atoms with Gasteiger partial charge in [-0.15, -0.1) is 0 Å². The summed E-state index contributed by atoms with van der Waals surface area (Å²) in [6.07, 6.45) is 3.14. The Kier molecular flexibility index (Phi) is 7.88. The van der Waals surface area contributed by atoms with Gasteiger partial charge >= 0.3 is 0 Å². The summed E-state index contributed by atoms with van der Waals surface area (Å²) in [5.41, 5.74) is 0. The predicted octanol–water partition coefficient (Wildman–Crippen LogP) is 0.822. The van der Waals surface area contributed by atoms with Crippen LogP contribution >= 0.6 is 0 Å². The molecule has 1 amide bonds. The number of carbonyl (C=O) groups excluding carboxylic acids is 1. The van der Waals surface area contributed by atoms with E-state index >= 15 is 0 Å². The highest BCUT2D eigenvalue weighted by Crippen LogP contribution is 2.19. The number of ether oxygens (including phenoxy) is 1. The molecule has 1 aromatic carbocycles. The van der Waals surface area contributed by atoms with Gasteiger partial charge in [-0.05, 0) is 44.9 Å². The van der Waals surface area contributed by atoms with Crippen LogP contribution < -0.4 is 14.8 Å². The number of benzene rings is 1. The SMILES string of the molecule is CN1C[C@@H](NS(=O)(=O)N2CCCC2)CC[C@@H](C(=O)NCCOc2ccccc2)C1. The first-order valence-corrected chi connectivity index (χ1v) is 11.8. The molecule has 29 heavy (non-hydrogen) atoms. The van der Waals surface area contributed by atoms with Gasteiger partial charge in [-0.25, -0.2) is 0 Å². The summed E-state index contributed by atoms with van der Waals surface area (Å²) in [5.74, 6) is 0.624. The first-order valence-electron chi connectivity index (χ1n) is 10.4. The van der Waals surface area contributed by atoms with Crippen molar-refractivity contribution in [2.24, 2.45) is 5.92 Å². The fourth-order valence-corrected chi connectivity index (χ4v) is 5.44. The number of hydrogen-bond donors (Lipinski definition) is 2. The molecule has 2 atom stereocenters. The van der Waals surface area contributed by atoms with Gasteiger partial charge in [0.25, 0.3) is 10.2 Å². The summed E-state index contributed by atoms with van der Waals surface area (Å²) in [6.45, 7) is 3.26. The first-order chi connectivity index (χ1) is 13.9. The van der Waals surface area contributed by atoms with Crippen LogP contribution in [0, 0.1) is 5.92 Å². The molecule has 0 bridgehead atoms. The van der Waals surface area contributed by atoms with Crippen molar-refractivity contribution in [3.63, 3.8) is 0 Å². The molecule has 0 unspecified atom stereocenters. The lowest BCUT2D eigenvalue weighted by Crippen LogP contribution is -2.47. The van der Waals surface area contributed by atoms with Crippen molar-refractivity contribution in [2.45, 2.75) is 31.7 Å². The van der Waals surface area contributed by atoms with Gasteiger partial charge in [-0.2, -0.15) is 17.4 Å². The Bertz CT molecular complexity index is 753. The van der Waals surface area contributed by atoms with Gasteiger partial charge in [-0.3, -0.25) is 4.79 Å². The Labute approximate surface area is 173 Å². The van der Waals surface area contributed by atoms with E-state index in [1.54, 1.807) is 0 Å². The Morgan fingerprint density at radius 3 is 2.59 bits per heavy atom. The van der Waals surface area contributed by atoms with Crippen LogP contribution in [-0.2, 0) is 15.0 Å². The molecule has 1 aromatic rings. The number of nitrogens with one attached hydrogen (secondary N) is 2. The van der Waals surface area contributed by atoms with Crippen LogP contribution in [0.2, 0.25) is 0 Å². The molecule has 2 aliphatic rings. The normalized spacial score (nSPS) is 24.2. The van der Waals surface area contributed by atoms with E-state index in [1.165, 1.54) is 4.31 Å². The predicted molar refractivity (Wildman–Crippen MR) is 112 cm³/mol. The van der Waals surface area contributed by atoms with E-state index in [-0.39, 0.29) is 17.9 Å². The number of nitrogens with zero attached hydrogens (tertiary/aromatic N) is 2. The maximum Gasteiger partial charge on any atom is 0.279 e. The zero-order chi connectivity index (χ0) is 20.7. The van der Waals surface area contributed by atoms with Crippen LogP contribution in [0.4, 0.5) is 0 Å². The van der Waals surface area contributed by atoms with Crippen molar-refractivity contribution in [3.8, 4) is 5.75 Å². The zero-order valence-electron chi connectivity index (χ0n) is 17.0. The van der Waals surface area contributed by atoms with Gasteiger partial charge in [0.05, 0.1) is 12.5 Å². The number of rotatable bonds is 8. The minimum Gasteiger partial charge on any atom is -0.492 e. The van der Waals surface area contributed by atoms with Crippen molar-refractivity contribution in [1.82, 2.24) is 19.2 Å². The van der Waals surface area contributed by atoms with Crippen molar-refractivity contribution < 1.29 is 17.9 Å². The van der Waals surface area contributed by atoms with Crippen LogP contribution in [0.25, 0.3) is 0 Å². The number of carbonyl (C=O) groups is 1. The molecule has 9 heteroatoms. The number of likely N-dealkylation sites (tertiary alicyclic amines) is 1. The third-order valence-corrected chi connectivity index (χ3v) is 7.11. The monoisotopic (exact) mass is 424 g/mol. The molecule has 8 nitrogen and oxygen atoms in total. The fraction of sp³-hybridized carbons (Fsp3) is 0.650. The minimum atomic E-state index is -3.44. The standard InChI is InChI=1S/C20H32N4O4S/c1-23-15-17(20(25)21-11-14-28-19-7-3-2-4-8-19)9-10-18(16-23)22-29(26,27)24-12-5-6-13-24/h2-4,7-8,17-18,22H,5-6,9-16H2,1H3,(H,21,25)/t17-,18+/m1/s1. The Hall–Kier alpha value is -1.68. The molecule has 2 fully saturated rings. The maximum absolute atomic E-state index is 12.6. The zero-order valence-corrected chi connectivity index (χ0v) is 17.9. The highest BCUT2D eigenvalue weighted by molar-refractivity contribution is 7.87. The van der Waals surface area contributed by atoms with E-state index < -0.39 is 10.2 Å². The maximum atomic E-state index is 12.6. The molecular weight excluding hydrogens is 392 g/mol. The van der Waals surface area contributed by atoms with Gasteiger partial charge < -0.3 is 15.0 Å². The third kappa shape index (κ3) is 6.67. The number of amides is 1. The average molecular weight is 425 g/mol. The van der Waals surface area contributed by atoms with E-state index in [4.69, 9.17) is 4.74 Å². The van der Waals surface area contributed by atoms with Crippen molar-refractivity contribution >= 4 is 16.1 Å². The first kappa shape index (κ1) is 22.0. The van der Waals surface area contributed by atoms with E-state index in [0.717, 1.165) is 18.6 Å². The molecule has 2 N–H and O–H groups in total. The van der Waals surface area contributed by atoms with Crippen LogP contribution in [0.3, 0.4) is 0 Å². The molecule has 162 valence electrons. The quantitative estimate of drug-likeness (QED) is 0.603. The lowest BCUT2D eigenvalue weighted by atomic mass is 10.0.